The Hall–Kier alpha value is -2.28. The van der Waals surface area contributed by atoms with Gasteiger partial charge in [0.05, 0.1) is 19.8 Å². The maximum atomic E-state index is 11.9. The second-order valence-corrected chi connectivity index (χ2v) is 6.25. The van der Waals surface area contributed by atoms with E-state index in [4.69, 9.17) is 4.74 Å². The molecule has 0 saturated heterocycles. The fourth-order valence-corrected chi connectivity index (χ4v) is 2.92. The van der Waals surface area contributed by atoms with Gasteiger partial charge < -0.3 is 20.1 Å². The van der Waals surface area contributed by atoms with Gasteiger partial charge in [-0.05, 0) is 37.0 Å². The third kappa shape index (κ3) is 6.62. The van der Waals surface area contributed by atoms with Crippen molar-refractivity contribution in [2.45, 2.75) is 38.7 Å². The van der Waals surface area contributed by atoms with Crippen molar-refractivity contribution in [1.82, 2.24) is 5.32 Å². The molecule has 2 atom stereocenters. The number of methoxy groups -OCH3 is 1. The van der Waals surface area contributed by atoms with Crippen LogP contribution in [0.2, 0.25) is 0 Å². The van der Waals surface area contributed by atoms with Crippen LogP contribution in [0.15, 0.2) is 24.3 Å². The lowest BCUT2D eigenvalue weighted by Gasteiger charge is -2.28. The number of ether oxygens (including phenoxy) is 2. The SMILES string of the molecule is COC(=O)Nc1cccc(NC(=O)NCCOC2CCCCC2C)c1. The summed E-state index contributed by atoms with van der Waals surface area (Å²) in [5, 5.41) is 8.04. The monoisotopic (exact) mass is 349 g/mol. The van der Waals surface area contributed by atoms with E-state index in [1.54, 1.807) is 24.3 Å². The van der Waals surface area contributed by atoms with Crippen LogP contribution in [0.4, 0.5) is 21.0 Å². The molecule has 0 bridgehead atoms. The second kappa shape index (κ2) is 9.88. The van der Waals surface area contributed by atoms with E-state index < -0.39 is 6.09 Å². The first-order valence-corrected chi connectivity index (χ1v) is 8.70. The Morgan fingerprint density at radius 1 is 1.16 bits per heavy atom. The first kappa shape index (κ1) is 19.1. The molecule has 25 heavy (non-hydrogen) atoms. The summed E-state index contributed by atoms with van der Waals surface area (Å²) in [5.74, 6) is 0.590. The van der Waals surface area contributed by atoms with E-state index >= 15 is 0 Å². The molecule has 2 unspecified atom stereocenters. The minimum Gasteiger partial charge on any atom is -0.453 e. The van der Waals surface area contributed by atoms with Gasteiger partial charge >= 0.3 is 12.1 Å². The molecular weight excluding hydrogens is 322 g/mol. The minimum atomic E-state index is -0.560. The van der Waals surface area contributed by atoms with E-state index in [1.165, 1.54) is 26.4 Å². The maximum absolute atomic E-state index is 11.9. The lowest BCUT2D eigenvalue weighted by molar-refractivity contribution is -0.00232. The predicted molar refractivity (Wildman–Crippen MR) is 96.9 cm³/mol. The Labute approximate surface area is 148 Å². The number of hydrogen-bond acceptors (Lipinski definition) is 4. The zero-order chi connectivity index (χ0) is 18.1. The van der Waals surface area contributed by atoms with Gasteiger partial charge in [-0.25, -0.2) is 9.59 Å². The molecular formula is C18H27N3O4. The van der Waals surface area contributed by atoms with Gasteiger partial charge in [0.25, 0.3) is 0 Å². The summed E-state index contributed by atoms with van der Waals surface area (Å²) in [5.41, 5.74) is 1.12. The first-order valence-electron chi connectivity index (χ1n) is 8.70. The van der Waals surface area contributed by atoms with E-state index in [-0.39, 0.29) is 6.03 Å². The normalized spacial score (nSPS) is 19.8. The molecule has 1 aromatic carbocycles. The molecule has 0 radical (unpaired) electrons. The summed E-state index contributed by atoms with van der Waals surface area (Å²) in [4.78, 5) is 23.1. The number of amides is 3. The Balaban J connectivity index is 1.69. The van der Waals surface area contributed by atoms with Crippen LogP contribution in [0.25, 0.3) is 0 Å². The standard InChI is InChI=1S/C18H27N3O4/c1-13-6-3-4-9-16(13)25-11-10-19-17(22)20-14-7-5-8-15(12-14)21-18(23)24-2/h5,7-8,12-13,16H,3-4,6,9-11H2,1-2H3,(H,21,23)(H2,19,20,22). The summed E-state index contributed by atoms with van der Waals surface area (Å²) in [6.07, 6.45) is 4.57. The van der Waals surface area contributed by atoms with E-state index in [9.17, 15) is 9.59 Å². The van der Waals surface area contributed by atoms with Crippen molar-refractivity contribution >= 4 is 23.5 Å². The molecule has 0 aliphatic heterocycles. The van der Waals surface area contributed by atoms with Crippen LogP contribution in [0.1, 0.15) is 32.6 Å². The fraction of sp³-hybridized carbons (Fsp3) is 0.556. The molecule has 0 spiro atoms. The molecule has 0 aromatic heterocycles. The van der Waals surface area contributed by atoms with Crippen molar-refractivity contribution in [1.29, 1.82) is 0 Å². The molecule has 3 amide bonds. The maximum Gasteiger partial charge on any atom is 0.411 e. The zero-order valence-electron chi connectivity index (χ0n) is 14.8. The van der Waals surface area contributed by atoms with E-state index in [0.29, 0.717) is 36.5 Å². The molecule has 2 rings (SSSR count). The average Bonchev–Trinajstić information content (AvgIpc) is 2.60. The third-order valence-corrected chi connectivity index (χ3v) is 4.30. The second-order valence-electron chi connectivity index (χ2n) is 6.25. The van der Waals surface area contributed by atoms with Crippen molar-refractivity contribution in [3.8, 4) is 0 Å². The van der Waals surface area contributed by atoms with Gasteiger partial charge in [0, 0.05) is 17.9 Å². The summed E-state index contributed by atoms with van der Waals surface area (Å²) in [6, 6.07) is 6.52. The smallest absolute Gasteiger partial charge is 0.411 e. The van der Waals surface area contributed by atoms with Gasteiger partial charge in [-0.15, -0.1) is 0 Å². The Bertz CT molecular complexity index is 579. The van der Waals surface area contributed by atoms with Crippen LogP contribution < -0.4 is 16.0 Å². The average molecular weight is 349 g/mol. The highest BCUT2D eigenvalue weighted by atomic mass is 16.5. The van der Waals surface area contributed by atoms with E-state index in [0.717, 1.165) is 6.42 Å². The van der Waals surface area contributed by atoms with Gasteiger partial charge in [-0.3, -0.25) is 5.32 Å². The number of benzene rings is 1. The lowest BCUT2D eigenvalue weighted by atomic mass is 9.88. The Kier molecular flexibility index (Phi) is 7.53. The number of hydrogen-bond donors (Lipinski definition) is 3. The van der Waals surface area contributed by atoms with Crippen molar-refractivity contribution in [2.75, 3.05) is 30.9 Å². The molecule has 3 N–H and O–H groups in total. The highest BCUT2D eigenvalue weighted by molar-refractivity contribution is 5.91. The van der Waals surface area contributed by atoms with Crippen LogP contribution in [0, 0.1) is 5.92 Å². The Morgan fingerprint density at radius 3 is 2.60 bits per heavy atom. The van der Waals surface area contributed by atoms with Crippen LogP contribution in [0.5, 0.6) is 0 Å². The topological polar surface area (TPSA) is 88.7 Å². The number of rotatable bonds is 6. The van der Waals surface area contributed by atoms with Crippen molar-refractivity contribution < 1.29 is 19.1 Å². The van der Waals surface area contributed by atoms with E-state index in [1.807, 2.05) is 0 Å². The molecule has 7 nitrogen and oxygen atoms in total. The summed E-state index contributed by atoms with van der Waals surface area (Å²) >= 11 is 0. The van der Waals surface area contributed by atoms with Crippen molar-refractivity contribution in [3.63, 3.8) is 0 Å². The van der Waals surface area contributed by atoms with Gasteiger partial charge in [-0.2, -0.15) is 0 Å². The van der Waals surface area contributed by atoms with Crippen LogP contribution in [0.3, 0.4) is 0 Å². The minimum absolute atomic E-state index is 0.305. The fourth-order valence-electron chi connectivity index (χ4n) is 2.92. The molecule has 1 aliphatic carbocycles. The number of urea groups is 1. The number of carbonyl (C=O) groups excluding carboxylic acids is 2. The molecule has 0 heterocycles. The predicted octanol–water partition coefficient (Wildman–Crippen LogP) is 3.58. The highest BCUT2D eigenvalue weighted by Gasteiger charge is 2.21. The molecule has 1 aromatic rings. The van der Waals surface area contributed by atoms with Crippen LogP contribution >= 0.6 is 0 Å². The number of nitrogens with one attached hydrogen (secondary N) is 3. The van der Waals surface area contributed by atoms with Gasteiger partial charge in [0.15, 0.2) is 0 Å². The lowest BCUT2D eigenvalue weighted by Crippen LogP contribution is -2.34. The molecule has 1 fully saturated rings. The van der Waals surface area contributed by atoms with Crippen LogP contribution in [-0.2, 0) is 9.47 Å². The largest absolute Gasteiger partial charge is 0.453 e. The summed E-state index contributed by atoms with van der Waals surface area (Å²) in [6.45, 7) is 3.18. The van der Waals surface area contributed by atoms with E-state index in [2.05, 4.69) is 27.6 Å². The highest BCUT2D eigenvalue weighted by Crippen LogP contribution is 2.26. The van der Waals surface area contributed by atoms with Gasteiger partial charge in [0.2, 0.25) is 0 Å². The zero-order valence-corrected chi connectivity index (χ0v) is 14.8. The van der Waals surface area contributed by atoms with Crippen LogP contribution in [-0.4, -0.2) is 38.5 Å². The molecule has 138 valence electrons. The van der Waals surface area contributed by atoms with Gasteiger partial charge in [-0.1, -0.05) is 25.8 Å². The summed E-state index contributed by atoms with van der Waals surface area (Å²) < 4.78 is 10.4. The first-order chi connectivity index (χ1) is 12.1. The van der Waals surface area contributed by atoms with Crippen molar-refractivity contribution in [2.24, 2.45) is 5.92 Å². The number of anilines is 2. The molecule has 7 heteroatoms. The Morgan fingerprint density at radius 2 is 1.88 bits per heavy atom. The van der Waals surface area contributed by atoms with Gasteiger partial charge in [0.1, 0.15) is 0 Å². The quantitative estimate of drug-likeness (QED) is 0.685. The molecule has 1 saturated carbocycles. The number of carbonyl (C=O) groups is 2. The van der Waals surface area contributed by atoms with Crippen molar-refractivity contribution in [3.05, 3.63) is 24.3 Å². The third-order valence-electron chi connectivity index (χ3n) is 4.30. The molecule has 1 aliphatic rings. The summed E-state index contributed by atoms with van der Waals surface area (Å²) in [7, 11) is 1.29.